The molecule has 0 aliphatic heterocycles. The number of rotatable bonds is 5. The maximum atomic E-state index is 11.6. The summed E-state index contributed by atoms with van der Waals surface area (Å²) in [6.45, 7) is 0.478. The Morgan fingerprint density at radius 2 is 2.09 bits per heavy atom. The molecular formula is C16H19N3O3. The molecule has 0 bridgehead atoms. The third-order valence-corrected chi connectivity index (χ3v) is 3.93. The summed E-state index contributed by atoms with van der Waals surface area (Å²) in [7, 11) is 1.44. The molecule has 1 aromatic heterocycles. The first kappa shape index (κ1) is 14.4. The number of hydrogen-bond donors (Lipinski definition) is 2. The molecule has 1 saturated carbocycles. The van der Waals surface area contributed by atoms with Gasteiger partial charge in [0.2, 0.25) is 0 Å². The molecule has 6 heteroatoms. The second-order valence-electron chi connectivity index (χ2n) is 5.52. The number of aromatic nitrogens is 2. The minimum absolute atomic E-state index is 0.310. The monoisotopic (exact) mass is 301 g/mol. The van der Waals surface area contributed by atoms with E-state index in [4.69, 9.17) is 4.74 Å². The average molecular weight is 301 g/mol. The van der Waals surface area contributed by atoms with Gasteiger partial charge in [0.15, 0.2) is 0 Å². The first-order chi connectivity index (χ1) is 10.6. The smallest absolute Gasteiger partial charge is 0.329 e. The van der Waals surface area contributed by atoms with E-state index in [-0.39, 0.29) is 5.56 Å². The summed E-state index contributed by atoms with van der Waals surface area (Å²) >= 11 is 0. The second kappa shape index (κ2) is 6.09. The van der Waals surface area contributed by atoms with Gasteiger partial charge in [-0.15, -0.1) is 0 Å². The summed E-state index contributed by atoms with van der Waals surface area (Å²) < 4.78 is 6.99. The standard InChI is InChI=1S/C16H19N3O3/c1-19-15(20)9-14(18-16(19)21)17-10-11-5-2-3-8-13(11)22-12-6-4-7-12/h2-3,5,8-9,12,17H,4,6-7,10H2,1H3,(H,18,21). The predicted octanol–water partition coefficient (Wildman–Crippen LogP) is 1.62. The molecule has 1 aromatic carbocycles. The zero-order chi connectivity index (χ0) is 15.5. The number of hydrogen-bond acceptors (Lipinski definition) is 4. The number of ether oxygens (including phenoxy) is 1. The number of aromatic amines is 1. The van der Waals surface area contributed by atoms with Gasteiger partial charge in [-0.3, -0.25) is 14.3 Å². The molecule has 3 rings (SSSR count). The highest BCUT2D eigenvalue weighted by Crippen LogP contribution is 2.27. The van der Waals surface area contributed by atoms with Crippen LogP contribution in [-0.2, 0) is 13.6 Å². The van der Waals surface area contributed by atoms with Gasteiger partial charge in [0.05, 0.1) is 6.10 Å². The van der Waals surface area contributed by atoms with Gasteiger partial charge in [-0.05, 0) is 25.3 Å². The number of nitrogens with one attached hydrogen (secondary N) is 2. The summed E-state index contributed by atoms with van der Waals surface area (Å²) in [4.78, 5) is 25.8. The van der Waals surface area contributed by atoms with Crippen LogP contribution in [0.15, 0.2) is 39.9 Å². The van der Waals surface area contributed by atoms with Crippen LogP contribution < -0.4 is 21.3 Å². The van der Waals surface area contributed by atoms with Crippen LogP contribution in [0.2, 0.25) is 0 Å². The Bertz CT molecular complexity index is 743. The molecule has 1 aliphatic rings. The van der Waals surface area contributed by atoms with Gasteiger partial charge in [0, 0.05) is 25.2 Å². The Kier molecular flexibility index (Phi) is 4.00. The minimum atomic E-state index is -0.436. The molecule has 0 unspecified atom stereocenters. The van der Waals surface area contributed by atoms with Crippen LogP contribution in [0.5, 0.6) is 5.75 Å². The van der Waals surface area contributed by atoms with Crippen molar-refractivity contribution in [2.75, 3.05) is 5.32 Å². The summed E-state index contributed by atoms with van der Waals surface area (Å²) in [5.74, 6) is 1.26. The Morgan fingerprint density at radius 3 is 2.77 bits per heavy atom. The lowest BCUT2D eigenvalue weighted by atomic mass is 9.96. The first-order valence-electron chi connectivity index (χ1n) is 7.42. The van der Waals surface area contributed by atoms with Gasteiger partial charge in [0.1, 0.15) is 11.6 Å². The Balaban J connectivity index is 1.73. The van der Waals surface area contributed by atoms with Gasteiger partial charge in [-0.2, -0.15) is 0 Å². The lowest BCUT2D eigenvalue weighted by molar-refractivity contribution is 0.119. The van der Waals surface area contributed by atoms with Crippen molar-refractivity contribution >= 4 is 5.82 Å². The van der Waals surface area contributed by atoms with E-state index in [2.05, 4.69) is 10.3 Å². The van der Waals surface area contributed by atoms with E-state index < -0.39 is 5.69 Å². The Labute approximate surface area is 127 Å². The highest BCUT2D eigenvalue weighted by molar-refractivity contribution is 5.39. The van der Waals surface area contributed by atoms with Crippen LogP contribution in [0.25, 0.3) is 0 Å². The molecule has 0 radical (unpaired) electrons. The number of anilines is 1. The topological polar surface area (TPSA) is 76.1 Å². The van der Waals surface area contributed by atoms with E-state index in [1.807, 2.05) is 24.3 Å². The van der Waals surface area contributed by atoms with Crippen molar-refractivity contribution in [2.45, 2.75) is 31.9 Å². The normalized spacial score (nSPS) is 14.4. The molecule has 116 valence electrons. The van der Waals surface area contributed by atoms with Crippen LogP contribution >= 0.6 is 0 Å². The van der Waals surface area contributed by atoms with Crippen molar-refractivity contribution in [3.8, 4) is 5.75 Å². The molecule has 0 atom stereocenters. The number of benzene rings is 1. The van der Waals surface area contributed by atoms with E-state index in [1.54, 1.807) is 0 Å². The zero-order valence-electron chi connectivity index (χ0n) is 12.5. The van der Waals surface area contributed by atoms with Crippen LogP contribution in [0.3, 0.4) is 0 Å². The summed E-state index contributed by atoms with van der Waals surface area (Å²) in [6, 6.07) is 9.17. The van der Waals surface area contributed by atoms with Gasteiger partial charge < -0.3 is 10.1 Å². The van der Waals surface area contributed by atoms with Crippen molar-refractivity contribution in [2.24, 2.45) is 7.05 Å². The number of nitrogens with zero attached hydrogens (tertiary/aromatic N) is 1. The second-order valence-corrected chi connectivity index (χ2v) is 5.52. The predicted molar refractivity (Wildman–Crippen MR) is 84.3 cm³/mol. The van der Waals surface area contributed by atoms with E-state index in [1.165, 1.54) is 19.5 Å². The van der Waals surface area contributed by atoms with Gasteiger partial charge in [-0.25, -0.2) is 4.79 Å². The Morgan fingerprint density at radius 1 is 1.32 bits per heavy atom. The molecule has 6 nitrogen and oxygen atoms in total. The van der Waals surface area contributed by atoms with Gasteiger partial charge >= 0.3 is 5.69 Å². The fourth-order valence-corrected chi connectivity index (χ4v) is 2.27. The highest BCUT2D eigenvalue weighted by atomic mass is 16.5. The fraction of sp³-hybridized carbons (Fsp3) is 0.375. The van der Waals surface area contributed by atoms with E-state index >= 15 is 0 Å². The molecule has 1 fully saturated rings. The van der Waals surface area contributed by atoms with Gasteiger partial charge in [-0.1, -0.05) is 18.2 Å². The van der Waals surface area contributed by atoms with Crippen molar-refractivity contribution in [3.05, 3.63) is 56.7 Å². The Hall–Kier alpha value is -2.50. The zero-order valence-corrected chi connectivity index (χ0v) is 12.5. The molecule has 0 saturated heterocycles. The quantitative estimate of drug-likeness (QED) is 0.880. The maximum Gasteiger partial charge on any atom is 0.329 e. The highest BCUT2D eigenvalue weighted by Gasteiger charge is 2.20. The van der Waals surface area contributed by atoms with E-state index in [0.29, 0.717) is 18.5 Å². The molecule has 1 aliphatic carbocycles. The van der Waals surface area contributed by atoms with Crippen LogP contribution in [0.4, 0.5) is 5.82 Å². The molecule has 0 spiro atoms. The molecule has 1 heterocycles. The summed E-state index contributed by atoms with van der Waals surface area (Å²) in [6.07, 6.45) is 3.73. The minimum Gasteiger partial charge on any atom is -0.490 e. The third-order valence-electron chi connectivity index (χ3n) is 3.93. The van der Waals surface area contributed by atoms with Crippen molar-refractivity contribution in [1.29, 1.82) is 0 Å². The first-order valence-corrected chi connectivity index (χ1v) is 7.42. The molecule has 2 aromatic rings. The fourth-order valence-electron chi connectivity index (χ4n) is 2.27. The van der Waals surface area contributed by atoms with Crippen molar-refractivity contribution in [3.63, 3.8) is 0 Å². The van der Waals surface area contributed by atoms with Crippen molar-refractivity contribution in [1.82, 2.24) is 9.55 Å². The van der Waals surface area contributed by atoms with Crippen LogP contribution in [0.1, 0.15) is 24.8 Å². The lowest BCUT2D eigenvalue weighted by Gasteiger charge is -2.27. The number of H-pyrrole nitrogens is 1. The molecule has 0 amide bonds. The largest absolute Gasteiger partial charge is 0.490 e. The molecule has 2 N–H and O–H groups in total. The van der Waals surface area contributed by atoms with E-state index in [9.17, 15) is 9.59 Å². The van der Waals surface area contributed by atoms with E-state index in [0.717, 1.165) is 28.7 Å². The van der Waals surface area contributed by atoms with Crippen LogP contribution in [-0.4, -0.2) is 15.7 Å². The number of para-hydroxylation sites is 1. The SMILES string of the molecule is Cn1c(=O)cc(NCc2ccccc2OC2CCC2)[nH]c1=O. The van der Waals surface area contributed by atoms with Crippen LogP contribution in [0, 0.1) is 0 Å². The summed E-state index contributed by atoms with van der Waals surface area (Å²) in [5.41, 5.74) is 0.218. The lowest BCUT2D eigenvalue weighted by Crippen LogP contribution is -2.32. The third kappa shape index (κ3) is 3.05. The molecule has 22 heavy (non-hydrogen) atoms. The molecular weight excluding hydrogens is 282 g/mol. The average Bonchev–Trinajstić information content (AvgIpc) is 2.47. The van der Waals surface area contributed by atoms with Crippen molar-refractivity contribution < 1.29 is 4.74 Å². The van der Waals surface area contributed by atoms with Gasteiger partial charge in [0.25, 0.3) is 5.56 Å². The summed E-state index contributed by atoms with van der Waals surface area (Å²) in [5, 5.41) is 3.07. The maximum absolute atomic E-state index is 11.6.